The summed E-state index contributed by atoms with van der Waals surface area (Å²) >= 11 is 0. The molecule has 0 aromatic heterocycles. The summed E-state index contributed by atoms with van der Waals surface area (Å²) in [6, 6.07) is 7.03. The summed E-state index contributed by atoms with van der Waals surface area (Å²) in [5.74, 6) is 0.515. The molecule has 0 bridgehead atoms. The zero-order valence-corrected chi connectivity index (χ0v) is 9.76. The van der Waals surface area contributed by atoms with Gasteiger partial charge < -0.3 is 5.32 Å². The van der Waals surface area contributed by atoms with Crippen LogP contribution in [0, 0.1) is 11.7 Å². The summed E-state index contributed by atoms with van der Waals surface area (Å²) in [4.78, 5) is 0. The molecule has 1 N–H and O–H groups in total. The fourth-order valence-corrected chi connectivity index (χ4v) is 1.46. The van der Waals surface area contributed by atoms with E-state index in [9.17, 15) is 4.39 Å². The van der Waals surface area contributed by atoms with E-state index in [2.05, 4.69) is 19.2 Å². The summed E-state index contributed by atoms with van der Waals surface area (Å²) in [6.45, 7) is 7.30. The Morgan fingerprint density at radius 3 is 2.53 bits per heavy atom. The number of nitrogens with one attached hydrogen (secondary N) is 1. The average Bonchev–Trinajstić information content (AvgIpc) is 2.26. The van der Waals surface area contributed by atoms with Crippen molar-refractivity contribution < 1.29 is 4.39 Å². The van der Waals surface area contributed by atoms with E-state index in [0.717, 1.165) is 18.5 Å². The van der Waals surface area contributed by atoms with E-state index in [1.807, 2.05) is 19.1 Å². The molecule has 84 valence electrons. The van der Waals surface area contributed by atoms with Crippen LogP contribution in [0.3, 0.4) is 0 Å². The maximum Gasteiger partial charge on any atom is 0.127 e. The van der Waals surface area contributed by atoms with E-state index in [0.29, 0.717) is 5.92 Å². The van der Waals surface area contributed by atoms with Crippen LogP contribution in [0.4, 0.5) is 4.39 Å². The van der Waals surface area contributed by atoms with Crippen LogP contribution in [0.1, 0.15) is 38.8 Å². The van der Waals surface area contributed by atoms with Gasteiger partial charge in [-0.25, -0.2) is 4.39 Å². The maximum absolute atomic E-state index is 13.4. The Labute approximate surface area is 91.7 Å². The van der Waals surface area contributed by atoms with Gasteiger partial charge in [-0.2, -0.15) is 0 Å². The van der Waals surface area contributed by atoms with Crippen molar-refractivity contribution in [2.24, 2.45) is 5.92 Å². The quantitative estimate of drug-likeness (QED) is 0.782. The SMILES string of the molecule is CCC(C)CNC(C)c1ccccc1F. The summed E-state index contributed by atoms with van der Waals surface area (Å²) in [5.41, 5.74) is 0.751. The van der Waals surface area contributed by atoms with Crippen molar-refractivity contribution in [1.82, 2.24) is 5.32 Å². The van der Waals surface area contributed by atoms with E-state index >= 15 is 0 Å². The van der Waals surface area contributed by atoms with Crippen molar-refractivity contribution in [1.29, 1.82) is 0 Å². The largest absolute Gasteiger partial charge is 0.310 e. The highest BCUT2D eigenvalue weighted by molar-refractivity contribution is 5.20. The fourth-order valence-electron chi connectivity index (χ4n) is 1.46. The van der Waals surface area contributed by atoms with Gasteiger partial charge in [0, 0.05) is 11.6 Å². The third-order valence-electron chi connectivity index (χ3n) is 2.84. The van der Waals surface area contributed by atoms with Crippen molar-refractivity contribution in [2.45, 2.75) is 33.2 Å². The molecule has 0 amide bonds. The molecule has 1 nitrogen and oxygen atoms in total. The Morgan fingerprint density at radius 2 is 1.93 bits per heavy atom. The van der Waals surface area contributed by atoms with Gasteiger partial charge >= 0.3 is 0 Å². The van der Waals surface area contributed by atoms with Crippen LogP contribution in [0.15, 0.2) is 24.3 Å². The van der Waals surface area contributed by atoms with Crippen LogP contribution in [0.2, 0.25) is 0 Å². The average molecular weight is 209 g/mol. The standard InChI is InChI=1S/C13H20FN/c1-4-10(2)9-15-11(3)12-7-5-6-8-13(12)14/h5-8,10-11,15H,4,9H2,1-3H3. The molecule has 15 heavy (non-hydrogen) atoms. The van der Waals surface area contributed by atoms with Crippen molar-refractivity contribution in [3.63, 3.8) is 0 Å². The van der Waals surface area contributed by atoms with Gasteiger partial charge in [0.05, 0.1) is 0 Å². The highest BCUT2D eigenvalue weighted by Crippen LogP contribution is 2.16. The summed E-state index contributed by atoms with van der Waals surface area (Å²) in [7, 11) is 0. The van der Waals surface area contributed by atoms with Crippen LogP contribution < -0.4 is 5.32 Å². The maximum atomic E-state index is 13.4. The Hall–Kier alpha value is -0.890. The topological polar surface area (TPSA) is 12.0 Å². The lowest BCUT2D eigenvalue weighted by molar-refractivity contribution is 0.450. The molecule has 0 heterocycles. The van der Waals surface area contributed by atoms with Crippen LogP contribution in [-0.4, -0.2) is 6.54 Å². The summed E-state index contributed by atoms with van der Waals surface area (Å²) < 4.78 is 13.4. The summed E-state index contributed by atoms with van der Waals surface area (Å²) in [6.07, 6.45) is 1.15. The Balaban J connectivity index is 2.54. The van der Waals surface area contributed by atoms with Crippen molar-refractivity contribution >= 4 is 0 Å². The highest BCUT2D eigenvalue weighted by Gasteiger charge is 2.10. The minimum atomic E-state index is -0.123. The van der Waals surface area contributed by atoms with Gasteiger partial charge in [-0.05, 0) is 25.5 Å². The van der Waals surface area contributed by atoms with Gasteiger partial charge in [0.1, 0.15) is 5.82 Å². The first-order valence-corrected chi connectivity index (χ1v) is 5.63. The molecule has 0 fully saturated rings. The number of halogens is 1. The second kappa shape index (κ2) is 5.86. The second-order valence-electron chi connectivity index (χ2n) is 4.16. The van der Waals surface area contributed by atoms with E-state index < -0.39 is 0 Å². The van der Waals surface area contributed by atoms with E-state index in [-0.39, 0.29) is 11.9 Å². The van der Waals surface area contributed by atoms with Crippen LogP contribution in [0.5, 0.6) is 0 Å². The number of hydrogen-bond donors (Lipinski definition) is 1. The molecular weight excluding hydrogens is 189 g/mol. The molecule has 0 radical (unpaired) electrons. The van der Waals surface area contributed by atoms with Gasteiger partial charge in [-0.15, -0.1) is 0 Å². The van der Waals surface area contributed by atoms with Gasteiger partial charge in [-0.3, -0.25) is 0 Å². The molecule has 0 aliphatic rings. The molecule has 0 aliphatic carbocycles. The van der Waals surface area contributed by atoms with Crippen molar-refractivity contribution in [3.05, 3.63) is 35.6 Å². The molecule has 1 aromatic rings. The van der Waals surface area contributed by atoms with Gasteiger partial charge in [0.15, 0.2) is 0 Å². The third-order valence-corrected chi connectivity index (χ3v) is 2.84. The molecule has 0 saturated carbocycles. The first kappa shape index (κ1) is 12.2. The smallest absolute Gasteiger partial charge is 0.127 e. The third kappa shape index (κ3) is 3.63. The number of benzene rings is 1. The van der Waals surface area contributed by atoms with Crippen LogP contribution >= 0.6 is 0 Å². The molecule has 0 spiro atoms. The minimum Gasteiger partial charge on any atom is -0.310 e. The predicted octanol–water partition coefficient (Wildman–Crippen LogP) is 3.52. The Kier molecular flexibility index (Phi) is 4.76. The highest BCUT2D eigenvalue weighted by atomic mass is 19.1. The number of rotatable bonds is 5. The Bertz CT molecular complexity index is 298. The van der Waals surface area contributed by atoms with E-state index in [4.69, 9.17) is 0 Å². The van der Waals surface area contributed by atoms with Crippen molar-refractivity contribution in [3.8, 4) is 0 Å². The lowest BCUT2D eigenvalue weighted by Gasteiger charge is -2.17. The monoisotopic (exact) mass is 209 g/mol. The molecule has 2 atom stereocenters. The fraction of sp³-hybridized carbons (Fsp3) is 0.538. The predicted molar refractivity (Wildman–Crippen MR) is 62.3 cm³/mol. The van der Waals surface area contributed by atoms with E-state index in [1.165, 1.54) is 6.07 Å². The van der Waals surface area contributed by atoms with Crippen molar-refractivity contribution in [2.75, 3.05) is 6.54 Å². The molecular formula is C13H20FN. The van der Waals surface area contributed by atoms with Crippen LogP contribution in [0.25, 0.3) is 0 Å². The minimum absolute atomic E-state index is 0.0835. The lowest BCUT2D eigenvalue weighted by Crippen LogP contribution is -2.24. The molecule has 2 heteroatoms. The van der Waals surface area contributed by atoms with Crippen LogP contribution in [-0.2, 0) is 0 Å². The molecule has 1 rings (SSSR count). The Morgan fingerprint density at radius 1 is 1.27 bits per heavy atom. The normalized spacial score (nSPS) is 14.9. The van der Waals surface area contributed by atoms with E-state index in [1.54, 1.807) is 6.07 Å². The van der Waals surface area contributed by atoms with Gasteiger partial charge in [-0.1, -0.05) is 38.5 Å². The molecule has 0 saturated heterocycles. The lowest BCUT2D eigenvalue weighted by atomic mass is 10.1. The summed E-state index contributed by atoms with van der Waals surface area (Å²) in [5, 5.41) is 3.35. The number of hydrogen-bond acceptors (Lipinski definition) is 1. The molecule has 1 aromatic carbocycles. The van der Waals surface area contributed by atoms with Gasteiger partial charge in [0.2, 0.25) is 0 Å². The second-order valence-corrected chi connectivity index (χ2v) is 4.16. The first-order chi connectivity index (χ1) is 7.15. The molecule has 2 unspecified atom stereocenters. The zero-order chi connectivity index (χ0) is 11.3. The van der Waals surface area contributed by atoms with Gasteiger partial charge in [0.25, 0.3) is 0 Å². The molecule has 0 aliphatic heterocycles. The zero-order valence-electron chi connectivity index (χ0n) is 9.76. The first-order valence-electron chi connectivity index (χ1n) is 5.63.